The van der Waals surface area contributed by atoms with Crippen LogP contribution in [0.4, 0.5) is 0 Å². The van der Waals surface area contributed by atoms with E-state index in [1.165, 1.54) is 12.8 Å². The summed E-state index contributed by atoms with van der Waals surface area (Å²) >= 11 is 0. The lowest BCUT2D eigenvalue weighted by atomic mass is 10.1. The van der Waals surface area contributed by atoms with Crippen molar-refractivity contribution in [3.63, 3.8) is 0 Å². The second-order valence-corrected chi connectivity index (χ2v) is 5.34. The van der Waals surface area contributed by atoms with Crippen LogP contribution in [-0.2, 0) is 16.0 Å². The molecule has 20 heavy (non-hydrogen) atoms. The Balaban J connectivity index is 2.21. The largest absolute Gasteiger partial charge is 0.481 e. The molecule has 1 aromatic heterocycles. The first-order chi connectivity index (χ1) is 9.52. The monoisotopic (exact) mass is 278 g/mol. The van der Waals surface area contributed by atoms with Gasteiger partial charge in [0.15, 0.2) is 5.82 Å². The predicted molar refractivity (Wildman–Crippen MR) is 74.6 cm³/mol. The molecule has 1 aromatic rings. The molecule has 1 heterocycles. The number of nitrogens with zero attached hydrogens (tertiary/aromatic N) is 2. The fraction of sp³-hybridized carbons (Fsp3) is 0.667. The average molecular weight is 278 g/mol. The molecule has 0 aliphatic heterocycles. The Labute approximate surface area is 119 Å². The van der Waals surface area contributed by atoms with Crippen LogP contribution in [0.5, 0.6) is 0 Å². The fourth-order valence-electron chi connectivity index (χ4n) is 2.49. The maximum absolute atomic E-state index is 10.7. The highest BCUT2D eigenvalue weighted by Gasteiger charge is 2.35. The molecule has 0 spiro atoms. The van der Waals surface area contributed by atoms with Gasteiger partial charge in [-0.05, 0) is 51.5 Å². The quantitative estimate of drug-likeness (QED) is 0.830. The fourth-order valence-corrected chi connectivity index (χ4v) is 2.49. The van der Waals surface area contributed by atoms with Gasteiger partial charge in [-0.2, -0.15) is 0 Å². The van der Waals surface area contributed by atoms with Crippen LogP contribution in [0.1, 0.15) is 55.1 Å². The van der Waals surface area contributed by atoms with Gasteiger partial charge in [0.2, 0.25) is 0 Å². The SMILES string of the molecule is CCOC(c1nc(C)c(CCC(=O)O)c(C)n1)C1CC1. The number of rotatable bonds is 7. The number of aryl methyl sites for hydroxylation is 2. The lowest BCUT2D eigenvalue weighted by Gasteiger charge is -2.17. The molecule has 1 saturated carbocycles. The molecule has 1 unspecified atom stereocenters. The van der Waals surface area contributed by atoms with E-state index in [1.807, 2.05) is 20.8 Å². The molecule has 1 atom stereocenters. The van der Waals surface area contributed by atoms with E-state index in [1.54, 1.807) is 0 Å². The van der Waals surface area contributed by atoms with E-state index in [-0.39, 0.29) is 12.5 Å². The summed E-state index contributed by atoms with van der Waals surface area (Å²) in [6, 6.07) is 0. The van der Waals surface area contributed by atoms with Crippen molar-refractivity contribution < 1.29 is 14.6 Å². The first kappa shape index (κ1) is 14.9. The van der Waals surface area contributed by atoms with Gasteiger partial charge in [-0.3, -0.25) is 4.79 Å². The maximum atomic E-state index is 10.7. The van der Waals surface area contributed by atoms with E-state index >= 15 is 0 Å². The van der Waals surface area contributed by atoms with Crippen molar-refractivity contribution in [2.75, 3.05) is 6.61 Å². The second-order valence-electron chi connectivity index (χ2n) is 5.34. The molecule has 0 saturated heterocycles. The molecule has 1 N–H and O–H groups in total. The molecule has 110 valence electrons. The molecule has 0 amide bonds. The summed E-state index contributed by atoms with van der Waals surface area (Å²) < 4.78 is 5.78. The van der Waals surface area contributed by atoms with Crippen LogP contribution in [0.2, 0.25) is 0 Å². The van der Waals surface area contributed by atoms with Crippen LogP contribution in [0, 0.1) is 19.8 Å². The second kappa shape index (κ2) is 6.31. The van der Waals surface area contributed by atoms with Gasteiger partial charge in [0, 0.05) is 24.4 Å². The summed E-state index contributed by atoms with van der Waals surface area (Å²) in [5, 5.41) is 8.79. The Kier molecular flexibility index (Phi) is 4.70. The lowest BCUT2D eigenvalue weighted by molar-refractivity contribution is -0.136. The highest BCUT2D eigenvalue weighted by molar-refractivity contribution is 5.67. The van der Waals surface area contributed by atoms with Crippen molar-refractivity contribution in [3.05, 3.63) is 22.8 Å². The Morgan fingerprint density at radius 2 is 1.95 bits per heavy atom. The smallest absolute Gasteiger partial charge is 0.303 e. The molecular formula is C15H22N2O3. The molecule has 0 radical (unpaired) electrons. The van der Waals surface area contributed by atoms with Crippen molar-refractivity contribution in [1.29, 1.82) is 0 Å². The van der Waals surface area contributed by atoms with E-state index in [2.05, 4.69) is 9.97 Å². The lowest BCUT2D eigenvalue weighted by Crippen LogP contribution is -2.14. The molecule has 5 nitrogen and oxygen atoms in total. The average Bonchev–Trinajstić information content (AvgIpc) is 3.18. The summed E-state index contributed by atoms with van der Waals surface area (Å²) in [4.78, 5) is 19.8. The maximum Gasteiger partial charge on any atom is 0.303 e. The molecule has 0 aromatic carbocycles. The first-order valence-corrected chi connectivity index (χ1v) is 7.20. The topological polar surface area (TPSA) is 72.3 Å². The molecule has 2 rings (SSSR count). The van der Waals surface area contributed by atoms with E-state index in [4.69, 9.17) is 9.84 Å². The van der Waals surface area contributed by atoms with Crippen LogP contribution in [-0.4, -0.2) is 27.7 Å². The summed E-state index contributed by atoms with van der Waals surface area (Å²) in [6.07, 6.45) is 2.93. The number of carbonyl (C=O) groups is 1. The first-order valence-electron chi connectivity index (χ1n) is 7.20. The summed E-state index contributed by atoms with van der Waals surface area (Å²) in [6.45, 7) is 6.48. The van der Waals surface area contributed by atoms with Gasteiger partial charge in [0.1, 0.15) is 6.10 Å². The van der Waals surface area contributed by atoms with Crippen LogP contribution >= 0.6 is 0 Å². The molecular weight excluding hydrogens is 256 g/mol. The molecule has 1 fully saturated rings. The van der Waals surface area contributed by atoms with Crippen molar-refractivity contribution in [2.45, 2.75) is 52.6 Å². The minimum Gasteiger partial charge on any atom is -0.481 e. The van der Waals surface area contributed by atoms with Crippen LogP contribution < -0.4 is 0 Å². The standard InChI is InChI=1S/C15H22N2O3/c1-4-20-14(11-5-6-11)15-16-9(2)12(10(3)17-15)7-8-13(18)19/h11,14H,4-8H2,1-3H3,(H,18,19). The van der Waals surface area contributed by atoms with Crippen molar-refractivity contribution in [1.82, 2.24) is 9.97 Å². The van der Waals surface area contributed by atoms with E-state index in [9.17, 15) is 4.79 Å². The highest BCUT2D eigenvalue weighted by Crippen LogP contribution is 2.42. The zero-order valence-corrected chi connectivity index (χ0v) is 12.3. The number of carboxylic acid groups (broad SMARTS) is 1. The minimum absolute atomic E-state index is 0.00840. The van der Waals surface area contributed by atoms with Crippen LogP contribution in [0.15, 0.2) is 0 Å². The Morgan fingerprint density at radius 1 is 1.35 bits per heavy atom. The van der Waals surface area contributed by atoms with E-state index in [0.29, 0.717) is 18.9 Å². The number of aromatic nitrogens is 2. The number of ether oxygens (including phenoxy) is 1. The Bertz CT molecular complexity index is 475. The Morgan fingerprint density at radius 3 is 2.40 bits per heavy atom. The molecule has 1 aliphatic rings. The normalized spacial score (nSPS) is 16.1. The zero-order chi connectivity index (χ0) is 14.7. The van der Waals surface area contributed by atoms with Gasteiger partial charge in [0.05, 0.1) is 0 Å². The van der Waals surface area contributed by atoms with Crippen molar-refractivity contribution in [2.24, 2.45) is 5.92 Å². The zero-order valence-electron chi connectivity index (χ0n) is 12.3. The number of aliphatic carboxylic acids is 1. The van der Waals surface area contributed by atoms with Crippen LogP contribution in [0.3, 0.4) is 0 Å². The van der Waals surface area contributed by atoms with Gasteiger partial charge in [-0.25, -0.2) is 9.97 Å². The number of hydrogen-bond acceptors (Lipinski definition) is 4. The van der Waals surface area contributed by atoms with Crippen molar-refractivity contribution in [3.8, 4) is 0 Å². The third-order valence-electron chi connectivity index (χ3n) is 3.68. The minimum atomic E-state index is -0.793. The third kappa shape index (κ3) is 3.54. The van der Waals surface area contributed by atoms with Crippen LogP contribution in [0.25, 0.3) is 0 Å². The summed E-state index contributed by atoms with van der Waals surface area (Å²) in [7, 11) is 0. The molecule has 0 bridgehead atoms. The van der Waals surface area contributed by atoms with Gasteiger partial charge in [0.25, 0.3) is 0 Å². The molecule has 5 heteroatoms. The van der Waals surface area contributed by atoms with E-state index < -0.39 is 5.97 Å². The van der Waals surface area contributed by atoms with Gasteiger partial charge in [-0.1, -0.05) is 0 Å². The van der Waals surface area contributed by atoms with Gasteiger partial charge < -0.3 is 9.84 Å². The summed E-state index contributed by atoms with van der Waals surface area (Å²) in [5.74, 6) is 0.500. The Hall–Kier alpha value is -1.49. The van der Waals surface area contributed by atoms with Gasteiger partial charge >= 0.3 is 5.97 Å². The van der Waals surface area contributed by atoms with Crippen molar-refractivity contribution >= 4 is 5.97 Å². The highest BCUT2D eigenvalue weighted by atomic mass is 16.5. The predicted octanol–water partition coefficient (Wildman–Crippen LogP) is 2.60. The number of hydrogen-bond donors (Lipinski definition) is 1. The number of carboxylic acids is 1. The van der Waals surface area contributed by atoms with Gasteiger partial charge in [-0.15, -0.1) is 0 Å². The van der Waals surface area contributed by atoms with E-state index in [0.717, 1.165) is 22.8 Å². The third-order valence-corrected chi connectivity index (χ3v) is 3.68. The summed E-state index contributed by atoms with van der Waals surface area (Å²) in [5.41, 5.74) is 2.69. The molecule has 1 aliphatic carbocycles.